The number of nitrogens with zero attached hydrogens (tertiary/aromatic N) is 2. The Bertz CT molecular complexity index is 976. The van der Waals surface area contributed by atoms with Gasteiger partial charge in [-0.25, -0.2) is 9.97 Å². The van der Waals surface area contributed by atoms with Gasteiger partial charge in [-0.2, -0.15) is 0 Å². The van der Waals surface area contributed by atoms with Crippen LogP contribution < -0.4 is 16.0 Å². The van der Waals surface area contributed by atoms with Crippen LogP contribution in [0.2, 0.25) is 5.02 Å². The molecule has 0 atom stereocenters. The Morgan fingerprint density at radius 1 is 0.889 bits per heavy atom. The van der Waals surface area contributed by atoms with Gasteiger partial charge in [-0.1, -0.05) is 17.7 Å². The Morgan fingerprint density at radius 2 is 1.59 bits per heavy atom. The van der Waals surface area contributed by atoms with Crippen molar-refractivity contribution in [2.45, 2.75) is 6.92 Å². The second kappa shape index (κ2) is 8.29. The van der Waals surface area contributed by atoms with E-state index < -0.39 is 0 Å². The predicted molar refractivity (Wildman–Crippen MR) is 105 cm³/mol. The van der Waals surface area contributed by atoms with Crippen LogP contribution in [0.3, 0.4) is 0 Å². The van der Waals surface area contributed by atoms with E-state index in [9.17, 15) is 9.59 Å². The maximum atomic E-state index is 12.4. The maximum Gasteiger partial charge on any atom is 0.274 e. The standard InChI is InChI=1S/C19H16ClN5O2/c1-12(26)23-14-5-7-15(8-6-14)25-19(27)17-10-18(22-11-21-17)24-16-4-2-3-13(20)9-16/h2-11H,1H3,(H,23,26)(H,25,27)(H,21,22,24). The fourth-order valence-electron chi connectivity index (χ4n) is 2.30. The highest BCUT2D eigenvalue weighted by Gasteiger charge is 2.10. The summed E-state index contributed by atoms with van der Waals surface area (Å²) >= 11 is 5.96. The highest BCUT2D eigenvalue weighted by atomic mass is 35.5. The van der Waals surface area contributed by atoms with Crippen LogP contribution in [0.5, 0.6) is 0 Å². The van der Waals surface area contributed by atoms with Gasteiger partial charge in [0.1, 0.15) is 17.8 Å². The number of benzene rings is 2. The molecule has 0 fully saturated rings. The Kier molecular flexibility index (Phi) is 5.63. The van der Waals surface area contributed by atoms with Crippen LogP contribution >= 0.6 is 11.6 Å². The number of anilines is 4. The molecule has 1 heterocycles. The van der Waals surface area contributed by atoms with Crippen LogP contribution in [0.1, 0.15) is 17.4 Å². The molecule has 0 spiro atoms. The summed E-state index contributed by atoms with van der Waals surface area (Å²) in [7, 11) is 0. The van der Waals surface area contributed by atoms with E-state index in [2.05, 4.69) is 25.9 Å². The molecule has 0 aliphatic rings. The Hall–Kier alpha value is -3.45. The van der Waals surface area contributed by atoms with Gasteiger partial charge < -0.3 is 16.0 Å². The van der Waals surface area contributed by atoms with Crippen molar-refractivity contribution in [1.29, 1.82) is 0 Å². The first-order chi connectivity index (χ1) is 13.0. The second-order valence-corrected chi connectivity index (χ2v) is 6.07. The molecule has 1 aromatic heterocycles. The van der Waals surface area contributed by atoms with Crippen LogP contribution in [-0.4, -0.2) is 21.8 Å². The fraction of sp³-hybridized carbons (Fsp3) is 0.0526. The molecule has 0 radical (unpaired) electrons. The molecule has 0 bridgehead atoms. The van der Waals surface area contributed by atoms with Crippen molar-refractivity contribution in [2.75, 3.05) is 16.0 Å². The van der Waals surface area contributed by atoms with Crippen LogP contribution in [0.4, 0.5) is 22.9 Å². The fourth-order valence-corrected chi connectivity index (χ4v) is 2.49. The van der Waals surface area contributed by atoms with Crippen LogP contribution in [0.25, 0.3) is 0 Å². The SMILES string of the molecule is CC(=O)Nc1ccc(NC(=O)c2cc(Nc3cccc(Cl)c3)ncn2)cc1. The van der Waals surface area contributed by atoms with Gasteiger partial charge in [-0.05, 0) is 42.5 Å². The molecule has 0 aliphatic heterocycles. The number of hydrogen-bond donors (Lipinski definition) is 3. The number of hydrogen-bond acceptors (Lipinski definition) is 5. The van der Waals surface area contributed by atoms with E-state index >= 15 is 0 Å². The van der Waals surface area contributed by atoms with Crippen LogP contribution in [-0.2, 0) is 4.79 Å². The lowest BCUT2D eigenvalue weighted by molar-refractivity contribution is -0.114. The quantitative estimate of drug-likeness (QED) is 0.618. The molecule has 0 aliphatic carbocycles. The number of aromatic nitrogens is 2. The Morgan fingerprint density at radius 3 is 2.26 bits per heavy atom. The average Bonchev–Trinajstić information content (AvgIpc) is 2.63. The number of halogens is 1. The van der Waals surface area contributed by atoms with Crippen LogP contribution in [0, 0.1) is 0 Å². The van der Waals surface area contributed by atoms with Gasteiger partial charge in [0.25, 0.3) is 5.91 Å². The highest BCUT2D eigenvalue weighted by Crippen LogP contribution is 2.19. The van der Waals surface area contributed by atoms with Gasteiger partial charge >= 0.3 is 0 Å². The first kappa shape index (κ1) is 18.3. The van der Waals surface area contributed by atoms with E-state index in [4.69, 9.17) is 11.6 Å². The van der Waals surface area contributed by atoms with Crippen molar-refractivity contribution < 1.29 is 9.59 Å². The number of carbonyl (C=O) groups excluding carboxylic acids is 2. The molecular weight excluding hydrogens is 366 g/mol. The molecule has 7 nitrogen and oxygen atoms in total. The van der Waals surface area contributed by atoms with E-state index in [1.54, 1.807) is 42.5 Å². The molecule has 27 heavy (non-hydrogen) atoms. The van der Waals surface area contributed by atoms with Crippen molar-refractivity contribution in [3.8, 4) is 0 Å². The number of amides is 2. The molecule has 3 aromatic rings. The molecule has 3 N–H and O–H groups in total. The first-order valence-electron chi connectivity index (χ1n) is 8.03. The summed E-state index contributed by atoms with van der Waals surface area (Å²) in [6.07, 6.45) is 1.31. The summed E-state index contributed by atoms with van der Waals surface area (Å²) in [5.41, 5.74) is 2.19. The topological polar surface area (TPSA) is 96.0 Å². The second-order valence-electron chi connectivity index (χ2n) is 5.64. The van der Waals surface area contributed by atoms with Gasteiger partial charge in [0.15, 0.2) is 0 Å². The zero-order valence-electron chi connectivity index (χ0n) is 14.4. The third-order valence-corrected chi connectivity index (χ3v) is 3.69. The lowest BCUT2D eigenvalue weighted by Crippen LogP contribution is -2.14. The Labute approximate surface area is 160 Å². The monoisotopic (exact) mass is 381 g/mol. The van der Waals surface area contributed by atoms with E-state index in [0.29, 0.717) is 22.2 Å². The summed E-state index contributed by atoms with van der Waals surface area (Å²) in [5.74, 6) is -0.0650. The average molecular weight is 382 g/mol. The van der Waals surface area contributed by atoms with E-state index in [1.807, 2.05) is 12.1 Å². The zero-order valence-corrected chi connectivity index (χ0v) is 15.1. The summed E-state index contributed by atoms with van der Waals surface area (Å²) in [4.78, 5) is 31.6. The molecule has 8 heteroatoms. The highest BCUT2D eigenvalue weighted by molar-refractivity contribution is 6.30. The summed E-state index contributed by atoms with van der Waals surface area (Å²) < 4.78 is 0. The molecule has 3 rings (SSSR count). The number of rotatable bonds is 5. The lowest BCUT2D eigenvalue weighted by atomic mass is 10.2. The van der Waals surface area contributed by atoms with Crippen molar-refractivity contribution in [3.63, 3.8) is 0 Å². The maximum absolute atomic E-state index is 12.4. The zero-order chi connectivity index (χ0) is 19.2. The van der Waals surface area contributed by atoms with Gasteiger partial charge in [-0.15, -0.1) is 0 Å². The minimum Gasteiger partial charge on any atom is -0.340 e. The number of carbonyl (C=O) groups is 2. The molecule has 0 saturated carbocycles. The van der Waals surface area contributed by atoms with Crippen molar-refractivity contribution in [1.82, 2.24) is 9.97 Å². The van der Waals surface area contributed by atoms with Crippen molar-refractivity contribution in [3.05, 3.63) is 71.6 Å². The van der Waals surface area contributed by atoms with Gasteiger partial charge in [0.2, 0.25) is 5.91 Å². The summed E-state index contributed by atoms with van der Waals surface area (Å²) in [6, 6.07) is 15.5. The molecule has 136 valence electrons. The molecule has 2 amide bonds. The molecular formula is C19H16ClN5O2. The van der Waals surface area contributed by atoms with E-state index in [-0.39, 0.29) is 17.5 Å². The largest absolute Gasteiger partial charge is 0.340 e. The molecule has 0 saturated heterocycles. The normalized spacial score (nSPS) is 10.1. The third kappa shape index (κ3) is 5.26. The summed E-state index contributed by atoms with van der Waals surface area (Å²) in [5, 5.41) is 9.08. The van der Waals surface area contributed by atoms with Crippen LogP contribution in [0.15, 0.2) is 60.9 Å². The van der Waals surface area contributed by atoms with Gasteiger partial charge in [0, 0.05) is 35.1 Å². The van der Waals surface area contributed by atoms with Crippen molar-refractivity contribution >= 4 is 46.3 Å². The van der Waals surface area contributed by atoms with Crippen molar-refractivity contribution in [2.24, 2.45) is 0 Å². The third-order valence-electron chi connectivity index (χ3n) is 3.46. The van der Waals surface area contributed by atoms with E-state index in [0.717, 1.165) is 5.69 Å². The first-order valence-corrected chi connectivity index (χ1v) is 8.41. The minimum atomic E-state index is -0.376. The van der Waals surface area contributed by atoms with Gasteiger partial charge in [-0.3, -0.25) is 9.59 Å². The molecule has 2 aromatic carbocycles. The predicted octanol–water partition coefficient (Wildman–Crippen LogP) is 4.08. The summed E-state index contributed by atoms with van der Waals surface area (Å²) in [6.45, 7) is 1.43. The Balaban J connectivity index is 1.69. The number of nitrogens with one attached hydrogen (secondary N) is 3. The smallest absolute Gasteiger partial charge is 0.274 e. The molecule has 0 unspecified atom stereocenters. The van der Waals surface area contributed by atoms with E-state index in [1.165, 1.54) is 13.3 Å². The minimum absolute atomic E-state index is 0.160. The van der Waals surface area contributed by atoms with Gasteiger partial charge in [0.05, 0.1) is 0 Å². The lowest BCUT2D eigenvalue weighted by Gasteiger charge is -2.09.